The fourth-order valence-electron chi connectivity index (χ4n) is 13.0. The maximum absolute atomic E-state index is 6.94. The molecule has 15 rings (SSSR count). The summed E-state index contributed by atoms with van der Waals surface area (Å²) in [6.45, 7) is 18.7. The van der Waals surface area contributed by atoms with E-state index in [4.69, 9.17) is 13.9 Å². The molecule has 0 saturated carbocycles. The average Bonchev–Trinajstić information content (AvgIpc) is 4.12. The average molecular weight is 979 g/mol. The molecule has 5 heterocycles. The van der Waals surface area contributed by atoms with Crippen LogP contribution in [0.4, 0.5) is 28.4 Å². The number of aryl methyl sites for hydroxylation is 1. The van der Waals surface area contributed by atoms with Gasteiger partial charge in [0, 0.05) is 88.2 Å². The first-order valence-corrected chi connectivity index (χ1v) is 27.0. The predicted octanol–water partition coefficient (Wildman–Crippen LogP) is 18.2. The van der Waals surface area contributed by atoms with E-state index in [9.17, 15) is 0 Å². The molecule has 0 radical (unpaired) electrons. The number of anilines is 5. The van der Waals surface area contributed by atoms with Crippen molar-refractivity contribution in [1.82, 2.24) is 0 Å². The van der Waals surface area contributed by atoms with Gasteiger partial charge in [0.15, 0.2) is 23.0 Å². The smallest absolute Gasteiger partial charge is 0.333 e. The molecule has 0 spiro atoms. The van der Waals surface area contributed by atoms with E-state index in [1.54, 1.807) is 0 Å². The van der Waals surface area contributed by atoms with E-state index in [0.717, 1.165) is 62.9 Å². The van der Waals surface area contributed by atoms with Gasteiger partial charge in [-0.05, 0) is 135 Å². The summed E-state index contributed by atoms with van der Waals surface area (Å²) >= 11 is 1.91. The molecule has 360 valence electrons. The number of nitrogens with zero attached hydrogens (tertiary/aromatic N) is 2. The van der Waals surface area contributed by atoms with Crippen molar-refractivity contribution in [3.8, 4) is 45.3 Å². The molecule has 1 aliphatic carbocycles. The molecule has 0 atom stereocenters. The summed E-state index contributed by atoms with van der Waals surface area (Å²) in [4.78, 5) is 5.25. The maximum Gasteiger partial charge on any atom is 0.333 e. The van der Waals surface area contributed by atoms with Crippen molar-refractivity contribution < 1.29 is 13.9 Å². The first kappa shape index (κ1) is 43.8. The Morgan fingerprint density at radius 3 is 1.96 bits per heavy atom. The molecule has 9 aromatic carbocycles. The largest absolute Gasteiger partial charge is 0.456 e. The van der Waals surface area contributed by atoms with Crippen LogP contribution in [0.5, 0.6) is 23.0 Å². The highest BCUT2D eigenvalue weighted by Gasteiger charge is 2.49. The van der Waals surface area contributed by atoms with E-state index < -0.39 is 0 Å². The molecule has 4 aliphatic rings. The highest BCUT2D eigenvalue weighted by molar-refractivity contribution is 7.26. The van der Waals surface area contributed by atoms with Crippen LogP contribution in [0.1, 0.15) is 83.6 Å². The van der Waals surface area contributed by atoms with Crippen molar-refractivity contribution in [3.63, 3.8) is 0 Å². The van der Waals surface area contributed by atoms with E-state index in [2.05, 4.69) is 205 Å². The number of fused-ring (bicyclic) bond motifs is 14. The van der Waals surface area contributed by atoms with Gasteiger partial charge in [-0.2, -0.15) is 0 Å². The Bertz CT molecular complexity index is 4230. The Morgan fingerprint density at radius 1 is 0.527 bits per heavy atom. The lowest BCUT2D eigenvalue weighted by atomic mass is 9.43. The van der Waals surface area contributed by atoms with Crippen LogP contribution in [-0.4, -0.2) is 6.85 Å². The van der Waals surface area contributed by atoms with Gasteiger partial charge in [-0.3, -0.25) is 0 Å². The zero-order valence-electron chi connectivity index (χ0n) is 43.1. The van der Waals surface area contributed by atoms with Gasteiger partial charge in [-0.15, -0.1) is 11.3 Å². The molecule has 0 unspecified atom stereocenters. The highest BCUT2D eigenvalue weighted by atomic mass is 32.1. The van der Waals surface area contributed by atoms with E-state index in [1.165, 1.54) is 76.0 Å². The molecule has 0 saturated heterocycles. The SMILES string of the molecule is Cc1cc2c(cc1N1c3cc4c(cc3B3c5c1cc1c(sc6ccccc61)c5-c1cc5c(cc1N3c1ccc(C(C)(C)C)cc1-c1ccccc1)oc1ccccc15)Oc1ccccc1O4)C(C)(C)CCC2(C)C. The van der Waals surface area contributed by atoms with Crippen LogP contribution in [0.2, 0.25) is 0 Å². The quantitative estimate of drug-likeness (QED) is 0.165. The predicted molar refractivity (Wildman–Crippen MR) is 311 cm³/mol. The Labute approximate surface area is 436 Å². The van der Waals surface area contributed by atoms with Crippen LogP contribution in [0.15, 0.2) is 168 Å². The van der Waals surface area contributed by atoms with Crippen LogP contribution in [0, 0.1) is 6.92 Å². The van der Waals surface area contributed by atoms with Crippen LogP contribution in [-0.2, 0) is 16.2 Å². The van der Waals surface area contributed by atoms with Crippen molar-refractivity contribution in [3.05, 3.63) is 186 Å². The molecule has 0 bridgehead atoms. The molecule has 2 aromatic heterocycles. The molecular formula is C67H55BN2O3S. The molecule has 3 aliphatic heterocycles. The lowest BCUT2D eigenvalue weighted by Gasteiger charge is -2.47. The normalized spacial score (nSPS) is 15.8. The van der Waals surface area contributed by atoms with Gasteiger partial charge in [0.05, 0.1) is 0 Å². The van der Waals surface area contributed by atoms with Gasteiger partial charge in [0.1, 0.15) is 11.2 Å². The van der Waals surface area contributed by atoms with Gasteiger partial charge >= 0.3 is 6.85 Å². The third-order valence-corrected chi connectivity index (χ3v) is 18.2. The number of hydrogen-bond acceptors (Lipinski definition) is 6. The van der Waals surface area contributed by atoms with E-state index in [1.807, 2.05) is 35.6 Å². The second kappa shape index (κ2) is 15.2. The number of para-hydroxylation sites is 3. The minimum Gasteiger partial charge on any atom is -0.456 e. The van der Waals surface area contributed by atoms with Crippen LogP contribution in [0.3, 0.4) is 0 Å². The number of rotatable bonds is 3. The van der Waals surface area contributed by atoms with Gasteiger partial charge in [-0.25, -0.2) is 0 Å². The van der Waals surface area contributed by atoms with Gasteiger partial charge in [0.2, 0.25) is 0 Å². The highest BCUT2D eigenvalue weighted by Crippen LogP contribution is 2.57. The van der Waals surface area contributed by atoms with Crippen molar-refractivity contribution in [2.45, 2.75) is 84.5 Å². The molecule has 7 heteroatoms. The standard InChI is InChI=1S/C67H55BN2O3S/c1-38-30-47-48(67(7,8)29-28-66(47,5)6)34-51(38)69-53-37-60-59(72-56-23-15-16-24-57(56)73-60)35-49(53)68-63-54(69)33-45-42-21-13-17-25-61(42)74-64(45)62(63)46-32-44-41-20-12-14-22-55(41)71-58(44)36-52(46)70(68)50-27-26-40(65(2,3)4)31-43(50)39-18-10-9-11-19-39/h9-27,30-37H,28-29H2,1-8H3. The number of thiophene rings is 1. The summed E-state index contributed by atoms with van der Waals surface area (Å²) in [5.41, 5.74) is 19.9. The Morgan fingerprint density at radius 2 is 1.20 bits per heavy atom. The summed E-state index contributed by atoms with van der Waals surface area (Å²) < 4.78 is 23.3. The van der Waals surface area contributed by atoms with E-state index in [0.29, 0.717) is 23.0 Å². The lowest BCUT2D eigenvalue weighted by Crippen LogP contribution is -2.61. The van der Waals surface area contributed by atoms with Crippen LogP contribution < -0.4 is 30.1 Å². The Kier molecular flexibility index (Phi) is 8.99. The van der Waals surface area contributed by atoms with Gasteiger partial charge < -0.3 is 23.6 Å². The molecule has 0 N–H and O–H groups in total. The van der Waals surface area contributed by atoms with Crippen LogP contribution in [0.25, 0.3) is 64.4 Å². The molecule has 74 heavy (non-hydrogen) atoms. The molecular weight excluding hydrogens is 924 g/mol. The minimum atomic E-state index is -0.322. The summed E-state index contributed by atoms with van der Waals surface area (Å²) in [7, 11) is 0. The lowest BCUT2D eigenvalue weighted by molar-refractivity contribution is 0.332. The van der Waals surface area contributed by atoms with Crippen LogP contribution >= 0.6 is 11.3 Å². The summed E-state index contributed by atoms with van der Waals surface area (Å²) in [6, 6.07) is 60.6. The number of hydrogen-bond donors (Lipinski definition) is 0. The summed E-state index contributed by atoms with van der Waals surface area (Å²) in [6.07, 6.45) is 2.27. The summed E-state index contributed by atoms with van der Waals surface area (Å²) in [5, 5.41) is 4.74. The fraction of sp³-hybridized carbons (Fsp3) is 0.194. The zero-order valence-corrected chi connectivity index (χ0v) is 43.9. The van der Waals surface area contributed by atoms with Crippen molar-refractivity contribution in [2.24, 2.45) is 0 Å². The molecule has 11 aromatic rings. The monoisotopic (exact) mass is 978 g/mol. The Hall–Kier alpha value is -7.74. The third-order valence-electron chi connectivity index (χ3n) is 17.0. The molecule has 0 amide bonds. The van der Waals surface area contributed by atoms with Gasteiger partial charge in [-0.1, -0.05) is 139 Å². The topological polar surface area (TPSA) is 38.1 Å². The summed E-state index contributed by atoms with van der Waals surface area (Å²) in [5.74, 6) is 2.81. The number of ether oxygens (including phenoxy) is 2. The van der Waals surface area contributed by atoms with E-state index in [-0.39, 0.29) is 23.1 Å². The van der Waals surface area contributed by atoms with E-state index >= 15 is 0 Å². The minimum absolute atomic E-state index is 0.0144. The van der Waals surface area contributed by atoms with Gasteiger partial charge in [0.25, 0.3) is 0 Å². The number of furan rings is 1. The number of benzene rings is 9. The first-order chi connectivity index (χ1) is 35.7. The Balaban J connectivity index is 1.13. The van der Waals surface area contributed by atoms with Crippen molar-refractivity contribution in [1.29, 1.82) is 0 Å². The molecule has 5 nitrogen and oxygen atoms in total. The van der Waals surface area contributed by atoms with Crippen molar-refractivity contribution in [2.75, 3.05) is 9.71 Å². The maximum atomic E-state index is 6.94. The third kappa shape index (κ3) is 6.23. The van der Waals surface area contributed by atoms with Crippen molar-refractivity contribution >= 4 is 99.7 Å². The fourth-order valence-corrected chi connectivity index (χ4v) is 14.2. The second-order valence-corrected chi connectivity index (χ2v) is 24.6. The second-order valence-electron chi connectivity index (χ2n) is 23.5. The zero-order chi connectivity index (χ0) is 50.2. The first-order valence-electron chi connectivity index (χ1n) is 26.2. The molecule has 0 fully saturated rings.